The van der Waals surface area contributed by atoms with E-state index >= 15 is 0 Å². The number of esters is 1. The van der Waals surface area contributed by atoms with Crippen LogP contribution in [0.15, 0.2) is 64.5 Å². The summed E-state index contributed by atoms with van der Waals surface area (Å²) in [5, 5.41) is 10.3. The number of nitrogens with two attached hydrogens (primary N) is 1. The number of hydrogen-bond acceptors (Lipinski definition) is 10. The number of hydrogen-bond donors (Lipinski definition) is 6. The van der Waals surface area contributed by atoms with E-state index in [4.69, 9.17) is 15.2 Å². The minimum absolute atomic E-state index is 0.000490. The maximum absolute atomic E-state index is 13.4. The lowest BCUT2D eigenvalue weighted by Gasteiger charge is -2.26. The molecule has 2 rings (SSSR count). The summed E-state index contributed by atoms with van der Waals surface area (Å²) in [6.45, 7) is 13.4. The molecule has 0 aliphatic carbocycles. The minimum Gasteiger partial charge on any atom is -0.459 e. The van der Waals surface area contributed by atoms with Gasteiger partial charge in [-0.1, -0.05) is 61.9 Å². The first-order valence-corrected chi connectivity index (χ1v) is 19.2. The fourth-order valence-electron chi connectivity index (χ4n) is 4.77. The zero-order valence-corrected chi connectivity index (χ0v) is 33.0. The smallest absolute Gasteiger partial charge is 0.408 e. The van der Waals surface area contributed by atoms with Crippen LogP contribution in [0.25, 0.3) is 0 Å². The van der Waals surface area contributed by atoms with Crippen molar-refractivity contribution in [3.05, 3.63) is 65.7 Å². The second kappa shape index (κ2) is 20.9. The first-order chi connectivity index (χ1) is 25.2. The van der Waals surface area contributed by atoms with Crippen LogP contribution < -0.4 is 31.7 Å². The molecule has 0 spiro atoms. The number of rotatable bonds is 18. The van der Waals surface area contributed by atoms with Gasteiger partial charge in [0.25, 0.3) is 10.0 Å². The van der Waals surface area contributed by atoms with Crippen molar-refractivity contribution in [2.45, 2.75) is 116 Å². The highest BCUT2D eigenvalue weighted by molar-refractivity contribution is 7.90. The van der Waals surface area contributed by atoms with Gasteiger partial charge in [-0.05, 0) is 84.4 Å². The Morgan fingerprint density at radius 1 is 0.796 bits per heavy atom. The SMILES string of the molecule is Cc1ccc(S(=O)(=O)NC(N)=NCCC[C@H](NC(=O)[C@@H](C)NC(=O)[C@H](CC(C)C)NC(=O)OC(C)(C)C)C(=O)N[C@H](C)C(=O)OCc2ccccc2)cc1. The highest BCUT2D eigenvalue weighted by Crippen LogP contribution is 2.12. The van der Waals surface area contributed by atoms with Crippen LogP contribution in [0.2, 0.25) is 0 Å². The molecular weight excluding hydrogens is 719 g/mol. The highest BCUT2D eigenvalue weighted by atomic mass is 32.2. The third-order valence-electron chi connectivity index (χ3n) is 7.54. The predicted molar refractivity (Wildman–Crippen MR) is 203 cm³/mol. The Hall–Kier alpha value is -5.19. The van der Waals surface area contributed by atoms with E-state index in [-0.39, 0.29) is 49.2 Å². The molecule has 7 N–H and O–H groups in total. The lowest BCUT2D eigenvalue weighted by molar-refractivity contribution is -0.148. The number of sulfonamides is 1. The Morgan fingerprint density at radius 3 is 1.98 bits per heavy atom. The maximum atomic E-state index is 13.4. The van der Waals surface area contributed by atoms with Crippen molar-refractivity contribution < 1.29 is 41.9 Å². The number of aryl methyl sites for hydroxylation is 1. The summed E-state index contributed by atoms with van der Waals surface area (Å²) in [5.41, 5.74) is 6.67. The Balaban J connectivity index is 2.13. The number of ether oxygens (including phenoxy) is 2. The van der Waals surface area contributed by atoms with E-state index < -0.39 is 69.6 Å². The molecule has 16 nitrogen and oxygen atoms in total. The molecule has 0 heterocycles. The Bertz CT molecular complexity index is 1710. The van der Waals surface area contributed by atoms with Crippen molar-refractivity contribution in [2.24, 2.45) is 16.6 Å². The zero-order valence-electron chi connectivity index (χ0n) is 32.2. The van der Waals surface area contributed by atoms with Gasteiger partial charge in [-0.15, -0.1) is 0 Å². The molecule has 298 valence electrons. The van der Waals surface area contributed by atoms with Crippen LogP contribution in [0, 0.1) is 12.8 Å². The molecule has 4 atom stereocenters. The molecular formula is C37H55N7O9S. The molecule has 54 heavy (non-hydrogen) atoms. The number of nitrogens with zero attached hydrogens (tertiary/aromatic N) is 1. The molecule has 0 radical (unpaired) electrons. The van der Waals surface area contributed by atoms with Crippen molar-refractivity contribution in [3.8, 4) is 0 Å². The van der Waals surface area contributed by atoms with Crippen molar-refractivity contribution >= 4 is 45.8 Å². The number of aliphatic imine (C=N–C) groups is 1. The molecule has 0 bridgehead atoms. The number of carbonyl (C=O) groups excluding carboxylic acids is 5. The summed E-state index contributed by atoms with van der Waals surface area (Å²) in [4.78, 5) is 69.2. The van der Waals surface area contributed by atoms with Crippen LogP contribution in [0.5, 0.6) is 0 Å². The van der Waals surface area contributed by atoms with Gasteiger partial charge in [0.15, 0.2) is 0 Å². The van der Waals surface area contributed by atoms with E-state index in [1.165, 1.54) is 26.0 Å². The molecule has 2 aromatic carbocycles. The molecule has 2 aromatic rings. The van der Waals surface area contributed by atoms with E-state index in [2.05, 4.69) is 31.0 Å². The van der Waals surface area contributed by atoms with Crippen LogP contribution in [-0.2, 0) is 45.3 Å². The van der Waals surface area contributed by atoms with Gasteiger partial charge in [0.2, 0.25) is 23.7 Å². The average Bonchev–Trinajstić information content (AvgIpc) is 3.07. The topological polar surface area (TPSA) is 236 Å². The summed E-state index contributed by atoms with van der Waals surface area (Å²) in [7, 11) is -3.99. The third-order valence-corrected chi connectivity index (χ3v) is 8.91. The number of alkyl carbamates (subject to hydrolysis) is 1. The molecule has 0 fully saturated rings. The fraction of sp³-hybridized carbons (Fsp3) is 0.514. The summed E-state index contributed by atoms with van der Waals surface area (Å²) in [5.74, 6) is -3.15. The molecule has 0 unspecified atom stereocenters. The molecule has 0 aliphatic heterocycles. The third kappa shape index (κ3) is 16.7. The molecule has 0 saturated carbocycles. The Morgan fingerprint density at radius 2 is 1.39 bits per heavy atom. The second-order valence-corrected chi connectivity index (χ2v) is 16.0. The Labute approximate surface area is 317 Å². The number of guanidine groups is 1. The van der Waals surface area contributed by atoms with Crippen molar-refractivity contribution in [1.82, 2.24) is 26.0 Å². The van der Waals surface area contributed by atoms with Crippen LogP contribution in [0.1, 0.15) is 78.9 Å². The monoisotopic (exact) mass is 773 g/mol. The number of benzene rings is 2. The maximum Gasteiger partial charge on any atom is 0.408 e. The largest absolute Gasteiger partial charge is 0.459 e. The van der Waals surface area contributed by atoms with Gasteiger partial charge in [0.05, 0.1) is 4.90 Å². The van der Waals surface area contributed by atoms with Crippen LogP contribution in [0.4, 0.5) is 4.79 Å². The van der Waals surface area contributed by atoms with E-state index in [9.17, 15) is 32.4 Å². The number of nitrogens with one attached hydrogen (secondary N) is 5. The van der Waals surface area contributed by atoms with Crippen molar-refractivity contribution in [3.63, 3.8) is 0 Å². The van der Waals surface area contributed by atoms with Gasteiger partial charge in [-0.3, -0.25) is 19.4 Å². The lowest BCUT2D eigenvalue weighted by Crippen LogP contribution is -2.57. The van der Waals surface area contributed by atoms with E-state index in [0.29, 0.717) is 0 Å². The van der Waals surface area contributed by atoms with E-state index in [0.717, 1.165) is 11.1 Å². The Kier molecular flexibility index (Phi) is 17.4. The lowest BCUT2D eigenvalue weighted by atomic mass is 10.0. The molecule has 4 amide bonds. The van der Waals surface area contributed by atoms with Gasteiger partial charge >= 0.3 is 12.1 Å². The van der Waals surface area contributed by atoms with Gasteiger partial charge in [-0.25, -0.2) is 22.7 Å². The number of carbonyl (C=O) groups is 5. The molecule has 0 aliphatic rings. The standard InChI is InChI=1S/C37H55N7O9S/c1-23(2)21-30(43-36(49)53-37(6,7)8)33(47)40-25(4)31(45)42-29(32(46)41-26(5)34(48)52-22-27-13-10-9-11-14-27)15-12-20-39-35(38)44-54(50,51)28-18-16-24(3)17-19-28/h9-11,13-14,16-19,23,25-26,29-30H,12,15,20-22H2,1-8H3,(H,40,47)(H,41,46)(H,42,45)(H,43,49)(H3,38,39,44)/t25-,26-,29+,30+/m1/s1. The minimum atomic E-state index is -3.99. The highest BCUT2D eigenvalue weighted by Gasteiger charge is 2.30. The van der Waals surface area contributed by atoms with Crippen molar-refractivity contribution in [2.75, 3.05) is 6.54 Å². The predicted octanol–water partition coefficient (Wildman–Crippen LogP) is 2.55. The van der Waals surface area contributed by atoms with Crippen LogP contribution in [0.3, 0.4) is 0 Å². The first kappa shape index (κ1) is 45.0. The summed E-state index contributed by atoms with van der Waals surface area (Å²) in [6.07, 6.45) is -0.399. The first-order valence-electron chi connectivity index (χ1n) is 17.7. The molecule has 0 aromatic heterocycles. The molecule has 0 saturated heterocycles. The quantitative estimate of drug-likeness (QED) is 0.0561. The molecule has 17 heteroatoms. The van der Waals surface area contributed by atoms with Gasteiger partial charge in [-0.2, -0.15) is 0 Å². The van der Waals surface area contributed by atoms with Crippen LogP contribution >= 0.6 is 0 Å². The van der Waals surface area contributed by atoms with E-state index in [1.807, 2.05) is 26.8 Å². The van der Waals surface area contributed by atoms with Gasteiger partial charge in [0, 0.05) is 6.54 Å². The summed E-state index contributed by atoms with van der Waals surface area (Å²) in [6, 6.07) is 10.7. The zero-order chi connectivity index (χ0) is 40.6. The summed E-state index contributed by atoms with van der Waals surface area (Å²) >= 11 is 0. The van der Waals surface area contributed by atoms with Gasteiger partial charge in [0.1, 0.15) is 36.4 Å². The second-order valence-electron chi connectivity index (χ2n) is 14.3. The van der Waals surface area contributed by atoms with E-state index in [1.54, 1.807) is 57.2 Å². The fourth-order valence-corrected chi connectivity index (χ4v) is 5.72. The average molecular weight is 774 g/mol. The number of amides is 4. The normalized spacial score (nSPS) is 14.1. The van der Waals surface area contributed by atoms with Crippen molar-refractivity contribution in [1.29, 1.82) is 0 Å². The van der Waals surface area contributed by atoms with Gasteiger partial charge < -0.3 is 36.5 Å². The summed E-state index contributed by atoms with van der Waals surface area (Å²) < 4.78 is 38.1. The van der Waals surface area contributed by atoms with Crippen LogP contribution in [-0.4, -0.2) is 80.5 Å².